The van der Waals surface area contributed by atoms with Crippen molar-refractivity contribution in [1.29, 1.82) is 0 Å². The first-order chi connectivity index (χ1) is 10.1. The number of H-pyrrole nitrogens is 1. The van der Waals surface area contributed by atoms with Crippen LogP contribution in [0.4, 0.5) is 10.1 Å². The average molecular weight is 352 g/mol. The number of nitrogens with zero attached hydrogens (tertiary/aromatic N) is 1. The smallest absolute Gasteiger partial charge is 0.255 e. The summed E-state index contributed by atoms with van der Waals surface area (Å²) in [6.07, 6.45) is 3.71. The Balaban J connectivity index is 1.93. The van der Waals surface area contributed by atoms with Gasteiger partial charge in [0.2, 0.25) is 0 Å². The standard InChI is InChI=1S/C15H15BrFN3O/c16-10-8-11(17)12(18)7-9(10)15(21)20-6-2-4-14(20)13-3-1-5-19-13/h1,3,5,7-8,14,19H,2,4,6,18H2. The maximum atomic E-state index is 13.4. The van der Waals surface area contributed by atoms with Crippen LogP contribution in [-0.4, -0.2) is 22.3 Å². The molecule has 1 aromatic carbocycles. The van der Waals surface area contributed by atoms with Crippen LogP contribution >= 0.6 is 15.9 Å². The predicted octanol–water partition coefficient (Wildman–Crippen LogP) is 3.48. The summed E-state index contributed by atoms with van der Waals surface area (Å²) in [6.45, 7) is 0.687. The van der Waals surface area contributed by atoms with Gasteiger partial charge in [-0.2, -0.15) is 0 Å². The lowest BCUT2D eigenvalue weighted by Crippen LogP contribution is -2.31. The highest BCUT2D eigenvalue weighted by atomic mass is 79.9. The van der Waals surface area contributed by atoms with E-state index in [-0.39, 0.29) is 17.6 Å². The molecule has 0 aliphatic carbocycles. The zero-order valence-corrected chi connectivity index (χ0v) is 12.9. The molecule has 1 aromatic heterocycles. The normalized spacial score (nSPS) is 18.2. The molecule has 1 amide bonds. The fourth-order valence-corrected chi connectivity index (χ4v) is 3.25. The van der Waals surface area contributed by atoms with Crippen LogP contribution in [0.15, 0.2) is 34.9 Å². The molecule has 1 unspecified atom stereocenters. The van der Waals surface area contributed by atoms with E-state index in [2.05, 4.69) is 20.9 Å². The second-order valence-electron chi connectivity index (χ2n) is 5.14. The number of carbonyl (C=O) groups is 1. The highest BCUT2D eigenvalue weighted by molar-refractivity contribution is 9.10. The van der Waals surface area contributed by atoms with E-state index in [1.54, 1.807) is 0 Å². The van der Waals surface area contributed by atoms with Crippen LogP contribution in [-0.2, 0) is 0 Å². The number of benzene rings is 1. The van der Waals surface area contributed by atoms with Crippen molar-refractivity contribution in [3.8, 4) is 0 Å². The molecule has 6 heteroatoms. The molecule has 1 atom stereocenters. The molecule has 1 fully saturated rings. The van der Waals surface area contributed by atoms with Gasteiger partial charge < -0.3 is 15.6 Å². The Morgan fingerprint density at radius 3 is 3.00 bits per heavy atom. The zero-order valence-electron chi connectivity index (χ0n) is 11.3. The molecule has 0 spiro atoms. The Morgan fingerprint density at radius 1 is 1.48 bits per heavy atom. The van der Waals surface area contributed by atoms with Crippen LogP contribution in [0.25, 0.3) is 0 Å². The molecule has 3 rings (SSSR count). The lowest BCUT2D eigenvalue weighted by atomic mass is 10.1. The number of halogens is 2. The summed E-state index contributed by atoms with van der Waals surface area (Å²) in [5, 5.41) is 0. The zero-order chi connectivity index (χ0) is 15.0. The Kier molecular flexibility index (Phi) is 3.71. The van der Waals surface area contributed by atoms with E-state index in [4.69, 9.17) is 5.73 Å². The van der Waals surface area contributed by atoms with Crippen LogP contribution in [0, 0.1) is 5.82 Å². The number of amides is 1. The van der Waals surface area contributed by atoms with Crippen LogP contribution in [0.5, 0.6) is 0 Å². The van der Waals surface area contributed by atoms with Gasteiger partial charge in [-0.3, -0.25) is 4.79 Å². The maximum Gasteiger partial charge on any atom is 0.255 e. The maximum absolute atomic E-state index is 13.4. The topological polar surface area (TPSA) is 62.1 Å². The summed E-state index contributed by atoms with van der Waals surface area (Å²) in [7, 11) is 0. The summed E-state index contributed by atoms with van der Waals surface area (Å²) in [4.78, 5) is 17.7. The number of aromatic amines is 1. The van der Waals surface area contributed by atoms with Gasteiger partial charge in [-0.15, -0.1) is 0 Å². The Bertz CT molecular complexity index is 672. The summed E-state index contributed by atoms with van der Waals surface area (Å²) >= 11 is 3.25. The highest BCUT2D eigenvalue weighted by Crippen LogP contribution is 2.34. The summed E-state index contributed by atoms with van der Waals surface area (Å²) in [5.41, 5.74) is 6.98. The first-order valence-corrected chi connectivity index (χ1v) is 7.56. The number of hydrogen-bond donors (Lipinski definition) is 2. The Hall–Kier alpha value is -1.82. The molecule has 1 aliphatic rings. The van der Waals surface area contributed by atoms with Gasteiger partial charge in [0.1, 0.15) is 5.82 Å². The van der Waals surface area contributed by atoms with Crippen molar-refractivity contribution in [2.75, 3.05) is 12.3 Å². The lowest BCUT2D eigenvalue weighted by Gasteiger charge is -2.24. The first kappa shape index (κ1) is 14.1. The molecule has 1 aliphatic heterocycles. The van der Waals surface area contributed by atoms with E-state index < -0.39 is 5.82 Å². The minimum atomic E-state index is -0.527. The van der Waals surface area contributed by atoms with Crippen molar-refractivity contribution in [3.05, 3.63) is 52.0 Å². The minimum Gasteiger partial charge on any atom is -0.396 e. The molecule has 110 valence electrons. The summed E-state index contributed by atoms with van der Waals surface area (Å²) in [6, 6.07) is 6.56. The van der Waals surface area contributed by atoms with E-state index in [1.165, 1.54) is 12.1 Å². The highest BCUT2D eigenvalue weighted by Gasteiger charge is 2.32. The van der Waals surface area contributed by atoms with Crippen LogP contribution in [0.3, 0.4) is 0 Å². The van der Waals surface area contributed by atoms with E-state index in [1.807, 2.05) is 23.2 Å². The van der Waals surface area contributed by atoms with E-state index >= 15 is 0 Å². The largest absolute Gasteiger partial charge is 0.396 e. The molecule has 4 nitrogen and oxygen atoms in total. The van der Waals surface area contributed by atoms with Crippen LogP contribution in [0.1, 0.15) is 34.9 Å². The number of nitrogens with one attached hydrogen (secondary N) is 1. The molecule has 21 heavy (non-hydrogen) atoms. The van der Waals surface area contributed by atoms with Crippen molar-refractivity contribution in [2.45, 2.75) is 18.9 Å². The van der Waals surface area contributed by atoms with Crippen molar-refractivity contribution in [2.24, 2.45) is 0 Å². The third-order valence-electron chi connectivity index (χ3n) is 3.81. The van der Waals surface area contributed by atoms with Gasteiger partial charge in [-0.1, -0.05) is 0 Å². The van der Waals surface area contributed by atoms with Crippen LogP contribution < -0.4 is 5.73 Å². The number of aromatic nitrogens is 1. The van der Waals surface area contributed by atoms with Crippen LogP contribution in [0.2, 0.25) is 0 Å². The molecule has 0 radical (unpaired) electrons. The number of likely N-dealkylation sites (tertiary alicyclic amines) is 1. The van der Waals surface area contributed by atoms with Crippen molar-refractivity contribution >= 4 is 27.5 Å². The predicted molar refractivity (Wildman–Crippen MR) is 82.3 cm³/mol. The second kappa shape index (κ2) is 5.52. The van der Waals surface area contributed by atoms with Crippen molar-refractivity contribution in [3.63, 3.8) is 0 Å². The van der Waals surface area contributed by atoms with Gasteiger partial charge in [0, 0.05) is 22.9 Å². The molecule has 0 saturated carbocycles. The summed E-state index contributed by atoms with van der Waals surface area (Å²) in [5.74, 6) is -0.661. The molecule has 3 N–H and O–H groups in total. The lowest BCUT2D eigenvalue weighted by molar-refractivity contribution is 0.0732. The SMILES string of the molecule is Nc1cc(C(=O)N2CCCC2c2ccc[nH]2)c(Br)cc1F. The molecule has 2 heterocycles. The number of rotatable bonds is 2. The number of hydrogen-bond acceptors (Lipinski definition) is 2. The van der Waals surface area contributed by atoms with E-state index in [9.17, 15) is 9.18 Å². The van der Waals surface area contributed by atoms with Gasteiger partial charge >= 0.3 is 0 Å². The Morgan fingerprint density at radius 2 is 2.29 bits per heavy atom. The van der Waals surface area contributed by atoms with Gasteiger partial charge in [-0.25, -0.2) is 4.39 Å². The molecular weight excluding hydrogens is 337 g/mol. The monoisotopic (exact) mass is 351 g/mol. The fourth-order valence-electron chi connectivity index (χ4n) is 2.77. The number of nitrogens with two attached hydrogens (primary N) is 1. The van der Waals surface area contributed by atoms with Gasteiger partial charge in [0.25, 0.3) is 5.91 Å². The van der Waals surface area contributed by atoms with Crippen molar-refractivity contribution < 1.29 is 9.18 Å². The summed E-state index contributed by atoms with van der Waals surface area (Å²) < 4.78 is 13.8. The molecular formula is C15H15BrFN3O. The Labute approximate surface area is 130 Å². The number of carbonyl (C=O) groups excluding carboxylic acids is 1. The van der Waals surface area contributed by atoms with Gasteiger partial charge in [0.05, 0.1) is 17.3 Å². The molecule has 1 saturated heterocycles. The second-order valence-corrected chi connectivity index (χ2v) is 5.99. The van der Waals surface area contributed by atoms with E-state index in [0.29, 0.717) is 16.6 Å². The quantitative estimate of drug-likeness (QED) is 0.813. The molecule has 2 aromatic rings. The first-order valence-electron chi connectivity index (χ1n) is 6.76. The number of nitrogen functional groups attached to an aromatic ring is 1. The minimum absolute atomic E-state index is 0.0165. The third-order valence-corrected chi connectivity index (χ3v) is 4.47. The third kappa shape index (κ3) is 2.55. The van der Waals surface area contributed by atoms with E-state index in [0.717, 1.165) is 18.5 Å². The molecule has 0 bridgehead atoms. The number of anilines is 1. The van der Waals surface area contributed by atoms with Gasteiger partial charge in [-0.05, 0) is 53.0 Å². The van der Waals surface area contributed by atoms with Gasteiger partial charge in [0.15, 0.2) is 0 Å². The fraction of sp³-hybridized carbons (Fsp3) is 0.267. The average Bonchev–Trinajstić information content (AvgIpc) is 3.11. The van der Waals surface area contributed by atoms with Crippen molar-refractivity contribution in [1.82, 2.24) is 9.88 Å².